The SMILES string of the molecule is C[Si](C)(C)CCOCn1ncc([N+](=O)[O-])c1-c1cc(Cl)ccc1C1CC1. The van der Waals surface area contributed by atoms with Gasteiger partial charge in [-0.1, -0.05) is 37.3 Å². The first kappa shape index (κ1) is 19.1. The maximum Gasteiger partial charge on any atom is 0.315 e. The van der Waals surface area contributed by atoms with Crippen LogP contribution in [0, 0.1) is 10.1 Å². The van der Waals surface area contributed by atoms with Crippen LogP contribution in [0.15, 0.2) is 24.4 Å². The molecule has 0 atom stereocenters. The Morgan fingerprint density at radius 1 is 1.38 bits per heavy atom. The van der Waals surface area contributed by atoms with Crippen molar-refractivity contribution >= 4 is 25.4 Å². The maximum atomic E-state index is 11.5. The second-order valence-electron chi connectivity index (χ2n) is 7.99. The molecular formula is C18H24ClN3O3Si. The minimum absolute atomic E-state index is 0.0111. The molecule has 6 nitrogen and oxygen atoms in total. The minimum atomic E-state index is -1.19. The van der Waals surface area contributed by atoms with E-state index >= 15 is 0 Å². The number of hydrogen-bond donors (Lipinski definition) is 0. The van der Waals surface area contributed by atoms with Crippen molar-refractivity contribution in [2.75, 3.05) is 6.61 Å². The molecule has 26 heavy (non-hydrogen) atoms. The second-order valence-corrected chi connectivity index (χ2v) is 14.0. The first-order valence-electron chi connectivity index (χ1n) is 8.84. The lowest BCUT2D eigenvalue weighted by Crippen LogP contribution is -2.22. The van der Waals surface area contributed by atoms with Crippen LogP contribution in [-0.2, 0) is 11.5 Å². The molecule has 2 aromatic rings. The molecule has 1 aromatic heterocycles. The molecule has 1 aliphatic rings. The molecule has 1 aliphatic carbocycles. The fourth-order valence-corrected chi connectivity index (χ4v) is 3.83. The summed E-state index contributed by atoms with van der Waals surface area (Å²) in [6.45, 7) is 7.69. The maximum absolute atomic E-state index is 11.5. The second kappa shape index (κ2) is 7.50. The van der Waals surface area contributed by atoms with E-state index in [2.05, 4.69) is 24.7 Å². The molecular weight excluding hydrogens is 370 g/mol. The van der Waals surface area contributed by atoms with Crippen LogP contribution in [0.1, 0.15) is 24.3 Å². The fraction of sp³-hybridized carbons (Fsp3) is 0.500. The number of hydrogen-bond acceptors (Lipinski definition) is 4. The summed E-state index contributed by atoms with van der Waals surface area (Å²) in [5, 5.41) is 16.3. The number of ether oxygens (including phenoxy) is 1. The Balaban J connectivity index is 1.92. The smallest absolute Gasteiger partial charge is 0.315 e. The molecule has 0 N–H and O–H groups in total. The average molecular weight is 394 g/mol. The lowest BCUT2D eigenvalue weighted by Gasteiger charge is -2.16. The summed E-state index contributed by atoms with van der Waals surface area (Å²) in [6, 6.07) is 6.66. The molecule has 8 heteroatoms. The van der Waals surface area contributed by atoms with E-state index < -0.39 is 13.0 Å². The third-order valence-electron chi connectivity index (χ3n) is 4.51. The van der Waals surface area contributed by atoms with Gasteiger partial charge in [0, 0.05) is 25.3 Å². The summed E-state index contributed by atoms with van der Waals surface area (Å²) in [5.41, 5.74) is 2.36. The minimum Gasteiger partial charge on any atom is -0.360 e. The highest BCUT2D eigenvalue weighted by atomic mass is 35.5. The molecule has 0 aliphatic heterocycles. The standard InChI is InChI=1S/C18H24ClN3O3Si/c1-26(2,3)9-8-25-12-21-18(17(11-20-21)22(23)24)16-10-14(19)6-7-15(16)13-4-5-13/h6-7,10-11,13H,4-5,8-9,12H2,1-3H3. The summed E-state index contributed by atoms with van der Waals surface area (Å²) in [4.78, 5) is 11.1. The van der Waals surface area contributed by atoms with Crippen LogP contribution in [0.2, 0.25) is 30.7 Å². The zero-order valence-electron chi connectivity index (χ0n) is 15.4. The summed E-state index contributed by atoms with van der Waals surface area (Å²) >= 11 is 6.19. The van der Waals surface area contributed by atoms with Crippen LogP contribution in [0.5, 0.6) is 0 Å². The van der Waals surface area contributed by atoms with Gasteiger partial charge in [-0.15, -0.1) is 0 Å². The van der Waals surface area contributed by atoms with Crippen LogP contribution in [0.3, 0.4) is 0 Å². The summed E-state index contributed by atoms with van der Waals surface area (Å²) in [7, 11) is -1.19. The third-order valence-corrected chi connectivity index (χ3v) is 6.45. The van der Waals surface area contributed by atoms with Gasteiger partial charge in [-0.2, -0.15) is 5.10 Å². The Morgan fingerprint density at radius 3 is 2.73 bits per heavy atom. The van der Waals surface area contributed by atoms with Crippen molar-refractivity contribution in [3.05, 3.63) is 45.1 Å². The molecule has 1 saturated carbocycles. The zero-order chi connectivity index (χ0) is 18.9. The van der Waals surface area contributed by atoms with E-state index in [1.807, 2.05) is 12.1 Å². The highest BCUT2D eigenvalue weighted by Gasteiger charge is 2.31. The fourth-order valence-electron chi connectivity index (χ4n) is 2.90. The molecule has 140 valence electrons. The van der Waals surface area contributed by atoms with Gasteiger partial charge in [-0.3, -0.25) is 10.1 Å². The van der Waals surface area contributed by atoms with Gasteiger partial charge in [0.25, 0.3) is 0 Å². The topological polar surface area (TPSA) is 70.2 Å². The van der Waals surface area contributed by atoms with Crippen molar-refractivity contribution in [2.45, 2.75) is 51.2 Å². The quantitative estimate of drug-likeness (QED) is 0.264. The largest absolute Gasteiger partial charge is 0.360 e. The van der Waals surface area contributed by atoms with Crippen molar-refractivity contribution in [1.82, 2.24) is 9.78 Å². The number of nitrogens with zero attached hydrogens (tertiary/aromatic N) is 3. The number of rotatable bonds is 8. The normalized spacial score (nSPS) is 14.6. The predicted molar refractivity (Wildman–Crippen MR) is 105 cm³/mol. The van der Waals surface area contributed by atoms with Crippen LogP contribution in [0.4, 0.5) is 5.69 Å². The third kappa shape index (κ3) is 4.52. The van der Waals surface area contributed by atoms with Crippen molar-refractivity contribution in [3.63, 3.8) is 0 Å². The molecule has 1 fully saturated rings. The van der Waals surface area contributed by atoms with Crippen LogP contribution in [-0.4, -0.2) is 29.4 Å². The van der Waals surface area contributed by atoms with Gasteiger partial charge in [-0.25, -0.2) is 4.68 Å². The van der Waals surface area contributed by atoms with Gasteiger partial charge >= 0.3 is 5.69 Å². The Bertz CT molecular complexity index is 812. The molecule has 0 spiro atoms. The number of nitro groups is 1. The zero-order valence-corrected chi connectivity index (χ0v) is 17.1. The molecule has 1 heterocycles. The highest BCUT2D eigenvalue weighted by Crippen LogP contribution is 2.46. The molecule has 0 bridgehead atoms. The Kier molecular flexibility index (Phi) is 5.50. The van der Waals surface area contributed by atoms with Crippen LogP contribution in [0.25, 0.3) is 11.3 Å². The van der Waals surface area contributed by atoms with Gasteiger partial charge in [0.15, 0.2) is 0 Å². The van der Waals surface area contributed by atoms with Gasteiger partial charge < -0.3 is 4.74 Å². The Morgan fingerprint density at radius 2 is 2.12 bits per heavy atom. The van der Waals surface area contributed by atoms with E-state index in [1.165, 1.54) is 6.20 Å². The summed E-state index contributed by atoms with van der Waals surface area (Å²) in [6.07, 6.45) is 3.50. The number of benzene rings is 1. The molecule has 0 saturated heterocycles. The van der Waals surface area contributed by atoms with E-state index in [1.54, 1.807) is 10.7 Å². The molecule has 0 unspecified atom stereocenters. The first-order valence-corrected chi connectivity index (χ1v) is 12.9. The van der Waals surface area contributed by atoms with Gasteiger partial charge in [0.05, 0.1) is 4.92 Å². The summed E-state index contributed by atoms with van der Waals surface area (Å²) in [5.74, 6) is 0.443. The van der Waals surface area contributed by atoms with Gasteiger partial charge in [0.2, 0.25) is 0 Å². The highest BCUT2D eigenvalue weighted by molar-refractivity contribution is 6.76. The van der Waals surface area contributed by atoms with Gasteiger partial charge in [0.1, 0.15) is 18.6 Å². The predicted octanol–water partition coefficient (Wildman–Crippen LogP) is 5.30. The van der Waals surface area contributed by atoms with E-state index in [-0.39, 0.29) is 12.4 Å². The van der Waals surface area contributed by atoms with E-state index in [4.69, 9.17) is 16.3 Å². The van der Waals surface area contributed by atoms with Crippen molar-refractivity contribution < 1.29 is 9.66 Å². The van der Waals surface area contributed by atoms with Crippen molar-refractivity contribution in [1.29, 1.82) is 0 Å². The first-order chi connectivity index (χ1) is 12.3. The molecule has 3 rings (SSSR count). The average Bonchev–Trinajstić information content (AvgIpc) is 3.29. The van der Waals surface area contributed by atoms with Crippen LogP contribution < -0.4 is 0 Å². The number of halogens is 1. The molecule has 0 amide bonds. The van der Waals surface area contributed by atoms with Crippen molar-refractivity contribution in [3.8, 4) is 11.3 Å². The van der Waals surface area contributed by atoms with Crippen LogP contribution >= 0.6 is 11.6 Å². The summed E-state index contributed by atoms with van der Waals surface area (Å²) < 4.78 is 7.36. The molecule has 1 aromatic carbocycles. The van der Waals surface area contributed by atoms with Gasteiger partial charge in [-0.05, 0) is 42.5 Å². The molecule has 0 radical (unpaired) electrons. The monoisotopic (exact) mass is 393 g/mol. The van der Waals surface area contributed by atoms with E-state index in [0.29, 0.717) is 23.2 Å². The van der Waals surface area contributed by atoms with E-state index in [0.717, 1.165) is 30.0 Å². The lowest BCUT2D eigenvalue weighted by molar-refractivity contribution is -0.384. The Hall–Kier alpha value is -1.70. The van der Waals surface area contributed by atoms with E-state index in [9.17, 15) is 10.1 Å². The Labute approximate surface area is 159 Å². The number of aromatic nitrogens is 2. The lowest BCUT2D eigenvalue weighted by atomic mass is 10.00. The van der Waals surface area contributed by atoms with Crippen molar-refractivity contribution in [2.24, 2.45) is 0 Å².